The number of hydrogen-bond donors (Lipinski definition) is 1. The van der Waals surface area contributed by atoms with Gasteiger partial charge in [-0.1, -0.05) is 11.6 Å². The maximum atomic E-state index is 12.1. The van der Waals surface area contributed by atoms with Crippen LogP contribution in [0.5, 0.6) is 0 Å². The Balaban J connectivity index is 3.22. The molecule has 1 aromatic heterocycles. The van der Waals surface area contributed by atoms with Crippen molar-refractivity contribution in [3.63, 3.8) is 0 Å². The van der Waals surface area contributed by atoms with Crippen LogP contribution in [0.1, 0.15) is 17.3 Å². The first kappa shape index (κ1) is 14.8. The van der Waals surface area contributed by atoms with E-state index in [1.54, 1.807) is 6.92 Å². The van der Waals surface area contributed by atoms with E-state index >= 15 is 0 Å². The molecule has 0 saturated heterocycles. The molecule has 0 aliphatic carbocycles. The lowest BCUT2D eigenvalue weighted by molar-refractivity contribution is -0.385. The molecule has 1 N–H and O–H groups in total. The van der Waals surface area contributed by atoms with Crippen LogP contribution in [-0.2, 0) is 4.79 Å². The molecule has 0 saturated carbocycles. The molecule has 0 aliphatic heterocycles. The zero-order valence-electron chi connectivity index (χ0n) is 9.87. The molecule has 0 aromatic carbocycles. The van der Waals surface area contributed by atoms with Crippen LogP contribution in [0.4, 0.5) is 5.69 Å². The van der Waals surface area contributed by atoms with Gasteiger partial charge in [0, 0.05) is 12.7 Å². The number of nitrogens with zero attached hydrogens (tertiary/aromatic N) is 3. The van der Waals surface area contributed by atoms with Gasteiger partial charge in [-0.3, -0.25) is 19.7 Å². The van der Waals surface area contributed by atoms with E-state index in [0.717, 1.165) is 17.2 Å². The summed E-state index contributed by atoms with van der Waals surface area (Å²) in [5.41, 5.74) is -0.911. The Kier molecular flexibility index (Phi) is 4.76. The van der Waals surface area contributed by atoms with Crippen LogP contribution in [0.2, 0.25) is 5.15 Å². The first-order valence-corrected chi connectivity index (χ1v) is 5.56. The molecule has 19 heavy (non-hydrogen) atoms. The van der Waals surface area contributed by atoms with E-state index in [9.17, 15) is 19.7 Å². The largest absolute Gasteiger partial charge is 0.480 e. The lowest BCUT2D eigenvalue weighted by atomic mass is 10.2. The van der Waals surface area contributed by atoms with Crippen LogP contribution in [-0.4, -0.2) is 44.9 Å². The maximum Gasteiger partial charge on any atom is 0.323 e. The highest BCUT2D eigenvalue weighted by atomic mass is 35.5. The number of carbonyl (C=O) groups is 2. The number of pyridine rings is 1. The zero-order valence-corrected chi connectivity index (χ0v) is 10.6. The fourth-order valence-electron chi connectivity index (χ4n) is 1.44. The summed E-state index contributed by atoms with van der Waals surface area (Å²) in [6, 6.07) is 1.14. The number of nitro groups is 1. The van der Waals surface area contributed by atoms with Crippen LogP contribution in [0, 0.1) is 10.1 Å². The first-order valence-electron chi connectivity index (χ1n) is 5.18. The van der Waals surface area contributed by atoms with Crippen LogP contribution in [0.25, 0.3) is 0 Å². The van der Waals surface area contributed by atoms with Gasteiger partial charge in [0.05, 0.1) is 4.92 Å². The topological polar surface area (TPSA) is 114 Å². The van der Waals surface area contributed by atoms with Crippen molar-refractivity contribution in [2.24, 2.45) is 0 Å². The summed E-state index contributed by atoms with van der Waals surface area (Å²) in [6.07, 6.45) is 1.15. The molecule has 0 spiro atoms. The summed E-state index contributed by atoms with van der Waals surface area (Å²) in [5, 5.41) is 19.1. The molecular weight excluding hydrogens is 278 g/mol. The lowest BCUT2D eigenvalue weighted by Gasteiger charge is -2.18. The Bertz CT molecular complexity index is 534. The van der Waals surface area contributed by atoms with Crippen molar-refractivity contribution in [2.75, 3.05) is 13.1 Å². The highest BCUT2D eigenvalue weighted by Gasteiger charge is 2.28. The van der Waals surface area contributed by atoms with Gasteiger partial charge >= 0.3 is 11.7 Å². The van der Waals surface area contributed by atoms with Crippen molar-refractivity contribution in [3.05, 3.63) is 33.1 Å². The molecule has 1 heterocycles. The fourth-order valence-corrected chi connectivity index (χ4v) is 1.66. The summed E-state index contributed by atoms with van der Waals surface area (Å²) in [6.45, 7) is 1.12. The van der Waals surface area contributed by atoms with Gasteiger partial charge in [0.1, 0.15) is 12.1 Å². The number of halogens is 1. The van der Waals surface area contributed by atoms with Gasteiger partial charge in [0.2, 0.25) is 5.15 Å². The highest BCUT2D eigenvalue weighted by Crippen LogP contribution is 2.26. The predicted molar refractivity (Wildman–Crippen MR) is 65.1 cm³/mol. The maximum absolute atomic E-state index is 12.1. The quantitative estimate of drug-likeness (QED) is 0.494. The second kappa shape index (κ2) is 6.10. The molecule has 0 unspecified atom stereocenters. The fraction of sp³-hybridized carbons (Fsp3) is 0.300. The molecule has 1 rings (SSSR count). The van der Waals surface area contributed by atoms with Crippen molar-refractivity contribution >= 4 is 29.2 Å². The zero-order chi connectivity index (χ0) is 14.6. The average Bonchev–Trinajstić information content (AvgIpc) is 2.34. The van der Waals surface area contributed by atoms with Crippen molar-refractivity contribution < 1.29 is 19.6 Å². The van der Waals surface area contributed by atoms with Crippen molar-refractivity contribution in [3.8, 4) is 0 Å². The Labute approximate surface area is 112 Å². The van der Waals surface area contributed by atoms with E-state index < -0.39 is 34.2 Å². The molecule has 0 fully saturated rings. The first-order chi connectivity index (χ1) is 8.88. The van der Waals surface area contributed by atoms with E-state index in [-0.39, 0.29) is 12.1 Å². The molecule has 1 aromatic rings. The Morgan fingerprint density at radius 2 is 2.21 bits per heavy atom. The van der Waals surface area contributed by atoms with Gasteiger partial charge in [0.15, 0.2) is 0 Å². The van der Waals surface area contributed by atoms with Gasteiger partial charge in [-0.25, -0.2) is 4.98 Å². The third-order valence-electron chi connectivity index (χ3n) is 2.29. The second-order valence-corrected chi connectivity index (χ2v) is 3.83. The van der Waals surface area contributed by atoms with Crippen molar-refractivity contribution in [1.29, 1.82) is 0 Å². The number of carboxylic acids is 1. The number of amides is 1. The lowest BCUT2D eigenvalue weighted by Crippen LogP contribution is -2.35. The molecule has 0 radical (unpaired) electrons. The molecule has 102 valence electrons. The van der Waals surface area contributed by atoms with Gasteiger partial charge in [-0.15, -0.1) is 0 Å². The number of rotatable bonds is 5. The monoisotopic (exact) mass is 287 g/mol. The highest BCUT2D eigenvalue weighted by molar-refractivity contribution is 6.32. The summed E-state index contributed by atoms with van der Waals surface area (Å²) >= 11 is 5.58. The van der Waals surface area contributed by atoms with E-state index in [4.69, 9.17) is 16.7 Å². The van der Waals surface area contributed by atoms with Gasteiger partial charge in [-0.2, -0.15) is 0 Å². The van der Waals surface area contributed by atoms with E-state index in [1.165, 1.54) is 0 Å². The molecule has 8 nitrogen and oxygen atoms in total. The number of likely N-dealkylation sites (N-methyl/N-ethyl adjacent to an activating group) is 1. The molecular formula is C10H10ClN3O5. The summed E-state index contributed by atoms with van der Waals surface area (Å²) in [7, 11) is 0. The Morgan fingerprint density at radius 1 is 1.58 bits per heavy atom. The van der Waals surface area contributed by atoms with E-state index in [0.29, 0.717) is 0 Å². The van der Waals surface area contributed by atoms with Gasteiger partial charge in [-0.05, 0) is 13.0 Å². The number of aromatic nitrogens is 1. The number of aliphatic carboxylic acids is 1. The Morgan fingerprint density at radius 3 is 2.68 bits per heavy atom. The second-order valence-electron chi connectivity index (χ2n) is 3.47. The third kappa shape index (κ3) is 3.38. The minimum absolute atomic E-state index is 0.0994. The summed E-state index contributed by atoms with van der Waals surface area (Å²) < 4.78 is 0. The molecule has 1 amide bonds. The number of hydrogen-bond acceptors (Lipinski definition) is 5. The normalized spacial score (nSPS) is 10.0. The van der Waals surface area contributed by atoms with Crippen LogP contribution in [0.3, 0.4) is 0 Å². The molecule has 9 heteroatoms. The van der Waals surface area contributed by atoms with Crippen LogP contribution >= 0.6 is 11.6 Å². The number of carbonyl (C=O) groups excluding carboxylic acids is 1. The van der Waals surface area contributed by atoms with Crippen LogP contribution < -0.4 is 0 Å². The molecule has 0 atom stereocenters. The van der Waals surface area contributed by atoms with Gasteiger partial charge in [0.25, 0.3) is 5.91 Å². The smallest absolute Gasteiger partial charge is 0.323 e. The summed E-state index contributed by atoms with van der Waals surface area (Å²) in [5.74, 6) is -1.99. The minimum atomic E-state index is -1.21. The standard InChI is InChI=1S/C10H10ClN3O5/c1-2-13(5-7(15)16)10(17)6-3-4-12-9(11)8(6)14(18)19/h3-4H,2,5H2,1H3,(H,15,16). The Hall–Kier alpha value is -2.22. The third-order valence-corrected chi connectivity index (χ3v) is 2.56. The van der Waals surface area contributed by atoms with E-state index in [2.05, 4.69) is 4.98 Å². The van der Waals surface area contributed by atoms with Gasteiger partial charge < -0.3 is 10.0 Å². The number of carboxylic acid groups (broad SMARTS) is 1. The van der Waals surface area contributed by atoms with Crippen molar-refractivity contribution in [1.82, 2.24) is 9.88 Å². The van der Waals surface area contributed by atoms with Crippen LogP contribution in [0.15, 0.2) is 12.3 Å². The predicted octanol–water partition coefficient (Wildman–Crippen LogP) is 1.19. The van der Waals surface area contributed by atoms with E-state index in [1.807, 2.05) is 0 Å². The SMILES string of the molecule is CCN(CC(=O)O)C(=O)c1ccnc(Cl)c1[N+](=O)[O-]. The molecule has 0 bridgehead atoms. The summed E-state index contributed by atoms with van der Waals surface area (Å²) in [4.78, 5) is 37.2. The average molecular weight is 288 g/mol. The minimum Gasteiger partial charge on any atom is -0.480 e. The van der Waals surface area contributed by atoms with Crippen molar-refractivity contribution in [2.45, 2.75) is 6.92 Å². The molecule has 0 aliphatic rings.